The molecule has 1 N–H and O–H groups in total. The Balaban J connectivity index is 1.54. The van der Waals surface area contributed by atoms with Crippen molar-refractivity contribution in [3.8, 4) is 0 Å². The Morgan fingerprint density at radius 3 is 2.13 bits per heavy atom. The van der Waals surface area contributed by atoms with Crippen molar-refractivity contribution in [2.45, 2.75) is 37.6 Å². The number of likely N-dealkylation sites (tertiary alicyclic amines) is 1. The number of hydrogen-bond acceptors (Lipinski definition) is 2. The van der Waals surface area contributed by atoms with Crippen LogP contribution in [0.5, 0.6) is 0 Å². The first-order valence-corrected chi connectivity index (χ1v) is 10.2. The van der Waals surface area contributed by atoms with E-state index in [1.54, 1.807) is 12.1 Å². The second-order valence-corrected chi connectivity index (χ2v) is 8.10. The van der Waals surface area contributed by atoms with Gasteiger partial charge < -0.3 is 10.2 Å². The second-order valence-electron chi connectivity index (χ2n) is 8.10. The van der Waals surface area contributed by atoms with Crippen LogP contribution >= 0.6 is 0 Å². The Bertz CT molecular complexity index is 922. The summed E-state index contributed by atoms with van der Waals surface area (Å²) in [6, 6.07) is 8.45. The van der Waals surface area contributed by atoms with Gasteiger partial charge in [-0.15, -0.1) is 0 Å². The molecule has 0 bridgehead atoms. The van der Waals surface area contributed by atoms with E-state index in [1.165, 1.54) is 12.1 Å². The maximum atomic E-state index is 13.5. The highest BCUT2D eigenvalue weighted by molar-refractivity contribution is 5.94. The van der Waals surface area contributed by atoms with E-state index < -0.39 is 17.5 Å². The third-order valence-corrected chi connectivity index (χ3v) is 6.06. The lowest BCUT2D eigenvalue weighted by atomic mass is 9.88. The Labute approximate surface area is 173 Å². The van der Waals surface area contributed by atoms with Crippen LogP contribution in [-0.4, -0.2) is 35.8 Å². The number of halogens is 3. The van der Waals surface area contributed by atoms with Crippen LogP contribution in [0.4, 0.5) is 13.2 Å². The van der Waals surface area contributed by atoms with Gasteiger partial charge in [0, 0.05) is 36.7 Å². The van der Waals surface area contributed by atoms with E-state index in [0.717, 1.165) is 43.6 Å². The van der Waals surface area contributed by atoms with E-state index in [0.29, 0.717) is 18.9 Å². The summed E-state index contributed by atoms with van der Waals surface area (Å²) in [4.78, 5) is 27.5. The summed E-state index contributed by atoms with van der Waals surface area (Å²) in [5, 5.41) is 2.82. The van der Waals surface area contributed by atoms with Crippen LogP contribution in [0.25, 0.3) is 0 Å². The van der Waals surface area contributed by atoms with Crippen molar-refractivity contribution in [2.75, 3.05) is 13.1 Å². The molecule has 2 aromatic carbocycles. The first-order valence-electron chi connectivity index (χ1n) is 10.2. The molecule has 0 aromatic heterocycles. The summed E-state index contributed by atoms with van der Waals surface area (Å²) in [6.07, 6.45) is 2.89. The SMILES string of the molecule is O=C(N[C@@H]1C[C@H](C(=O)N2CCCC2)[C@@H](c2ccc(F)cc2)C1)c1cc(F)cc(F)c1. The van der Waals surface area contributed by atoms with E-state index in [1.807, 2.05) is 4.90 Å². The average Bonchev–Trinajstić information content (AvgIpc) is 3.37. The summed E-state index contributed by atoms with van der Waals surface area (Å²) in [7, 11) is 0. The zero-order valence-corrected chi connectivity index (χ0v) is 16.4. The van der Waals surface area contributed by atoms with Crippen molar-refractivity contribution in [2.24, 2.45) is 5.92 Å². The van der Waals surface area contributed by atoms with E-state index in [4.69, 9.17) is 0 Å². The molecule has 1 aliphatic heterocycles. The molecule has 3 atom stereocenters. The molecule has 0 unspecified atom stereocenters. The first-order chi connectivity index (χ1) is 14.4. The van der Waals surface area contributed by atoms with Gasteiger partial charge in [0.2, 0.25) is 5.91 Å². The maximum absolute atomic E-state index is 13.5. The molecule has 1 aliphatic carbocycles. The number of benzene rings is 2. The molecule has 0 spiro atoms. The third-order valence-electron chi connectivity index (χ3n) is 6.06. The third kappa shape index (κ3) is 4.35. The minimum absolute atomic E-state index is 0.0513. The van der Waals surface area contributed by atoms with Crippen molar-refractivity contribution in [3.63, 3.8) is 0 Å². The number of nitrogens with zero attached hydrogens (tertiary/aromatic N) is 1. The highest BCUT2D eigenvalue weighted by Crippen LogP contribution is 2.41. The predicted molar refractivity (Wildman–Crippen MR) is 105 cm³/mol. The van der Waals surface area contributed by atoms with Gasteiger partial charge in [-0.05, 0) is 61.4 Å². The Morgan fingerprint density at radius 2 is 1.50 bits per heavy atom. The molecular formula is C23H23F3N2O2. The summed E-state index contributed by atoms with van der Waals surface area (Å²) >= 11 is 0. The van der Waals surface area contributed by atoms with Crippen LogP contribution in [0.15, 0.2) is 42.5 Å². The lowest BCUT2D eigenvalue weighted by Gasteiger charge is -2.24. The summed E-state index contributed by atoms with van der Waals surface area (Å²) in [6.45, 7) is 1.45. The molecule has 4 nitrogen and oxygen atoms in total. The van der Waals surface area contributed by atoms with E-state index in [9.17, 15) is 22.8 Å². The van der Waals surface area contributed by atoms with Gasteiger partial charge >= 0.3 is 0 Å². The molecule has 2 aromatic rings. The van der Waals surface area contributed by atoms with Crippen LogP contribution in [0, 0.1) is 23.4 Å². The molecule has 30 heavy (non-hydrogen) atoms. The minimum atomic E-state index is -0.821. The molecule has 1 heterocycles. The molecule has 1 saturated heterocycles. The number of rotatable bonds is 4. The summed E-state index contributed by atoms with van der Waals surface area (Å²) < 4.78 is 40.3. The number of nitrogens with one attached hydrogen (secondary N) is 1. The molecule has 0 radical (unpaired) electrons. The second kappa shape index (κ2) is 8.50. The fourth-order valence-corrected chi connectivity index (χ4v) is 4.63. The van der Waals surface area contributed by atoms with Gasteiger partial charge in [0.25, 0.3) is 5.91 Å². The average molecular weight is 416 g/mol. The van der Waals surface area contributed by atoms with Gasteiger partial charge in [-0.1, -0.05) is 12.1 Å². The Hall–Kier alpha value is -2.83. The smallest absolute Gasteiger partial charge is 0.251 e. The number of carbonyl (C=O) groups is 2. The number of hydrogen-bond donors (Lipinski definition) is 1. The molecule has 2 aliphatic rings. The van der Waals surface area contributed by atoms with Crippen LogP contribution in [0.2, 0.25) is 0 Å². The monoisotopic (exact) mass is 416 g/mol. The van der Waals surface area contributed by atoms with Gasteiger partial charge in [-0.25, -0.2) is 13.2 Å². The van der Waals surface area contributed by atoms with Gasteiger partial charge in [0.15, 0.2) is 0 Å². The van der Waals surface area contributed by atoms with Gasteiger partial charge in [-0.2, -0.15) is 0 Å². The molecule has 158 valence electrons. The molecule has 4 rings (SSSR count). The molecule has 2 amide bonds. The van der Waals surface area contributed by atoms with Gasteiger partial charge in [0.05, 0.1) is 0 Å². The standard InChI is InChI=1S/C23H23F3N2O2/c24-16-5-3-14(4-6-16)20-12-19(13-21(20)23(30)28-7-1-2-8-28)27-22(29)15-9-17(25)11-18(26)10-15/h3-6,9-11,19-21H,1-2,7-8,12-13H2,(H,27,29)/t19-,20+,21-/m0/s1. The highest BCUT2D eigenvalue weighted by atomic mass is 19.1. The quantitative estimate of drug-likeness (QED) is 0.819. The van der Waals surface area contributed by atoms with Crippen molar-refractivity contribution in [1.82, 2.24) is 10.2 Å². The maximum Gasteiger partial charge on any atom is 0.251 e. The highest BCUT2D eigenvalue weighted by Gasteiger charge is 2.42. The molecule has 1 saturated carbocycles. The topological polar surface area (TPSA) is 49.4 Å². The lowest BCUT2D eigenvalue weighted by Crippen LogP contribution is -2.36. The van der Waals surface area contributed by atoms with Gasteiger partial charge in [0.1, 0.15) is 17.5 Å². The van der Waals surface area contributed by atoms with Crippen molar-refractivity contribution in [3.05, 3.63) is 71.0 Å². The summed E-state index contributed by atoms with van der Waals surface area (Å²) in [5.41, 5.74) is 0.752. The van der Waals surface area contributed by atoms with E-state index >= 15 is 0 Å². The van der Waals surface area contributed by atoms with Crippen molar-refractivity contribution in [1.29, 1.82) is 0 Å². The minimum Gasteiger partial charge on any atom is -0.349 e. The Kier molecular flexibility index (Phi) is 5.79. The van der Waals surface area contributed by atoms with Crippen LogP contribution in [-0.2, 0) is 4.79 Å². The molecular weight excluding hydrogens is 393 g/mol. The van der Waals surface area contributed by atoms with E-state index in [-0.39, 0.29) is 35.2 Å². The van der Waals surface area contributed by atoms with Gasteiger partial charge in [-0.3, -0.25) is 9.59 Å². The van der Waals surface area contributed by atoms with E-state index in [2.05, 4.69) is 5.32 Å². The summed E-state index contributed by atoms with van der Waals surface area (Å²) in [5.74, 6) is -3.01. The number of carbonyl (C=O) groups excluding carboxylic acids is 2. The predicted octanol–water partition coefficient (Wildman–Crippen LogP) is 4.02. The normalized spacial score (nSPS) is 23.6. The largest absolute Gasteiger partial charge is 0.349 e. The number of amides is 2. The van der Waals surface area contributed by atoms with Crippen LogP contribution in [0.1, 0.15) is 47.5 Å². The van der Waals surface area contributed by atoms with Crippen molar-refractivity contribution < 1.29 is 22.8 Å². The zero-order chi connectivity index (χ0) is 21.3. The molecule has 2 fully saturated rings. The zero-order valence-electron chi connectivity index (χ0n) is 16.4. The fourth-order valence-electron chi connectivity index (χ4n) is 4.63. The van der Waals surface area contributed by atoms with Crippen molar-refractivity contribution >= 4 is 11.8 Å². The van der Waals surface area contributed by atoms with Crippen LogP contribution < -0.4 is 5.32 Å². The molecule has 7 heteroatoms. The lowest BCUT2D eigenvalue weighted by molar-refractivity contribution is -0.134. The van der Waals surface area contributed by atoms with Crippen LogP contribution in [0.3, 0.4) is 0 Å². The Morgan fingerprint density at radius 1 is 0.867 bits per heavy atom. The fraction of sp³-hybridized carbons (Fsp3) is 0.391. The first kappa shape index (κ1) is 20.4.